The highest BCUT2D eigenvalue weighted by Gasteiger charge is 2.38. The average molecular weight is 296 g/mol. The van der Waals surface area contributed by atoms with E-state index in [-0.39, 0.29) is 11.6 Å². The van der Waals surface area contributed by atoms with Crippen LogP contribution in [0.15, 0.2) is 0 Å². The summed E-state index contributed by atoms with van der Waals surface area (Å²) in [5, 5.41) is 0. The van der Waals surface area contributed by atoms with E-state index in [9.17, 15) is 9.59 Å². The van der Waals surface area contributed by atoms with Crippen molar-refractivity contribution in [3.8, 4) is 0 Å². The van der Waals surface area contributed by atoms with Gasteiger partial charge in [-0.05, 0) is 26.7 Å². The van der Waals surface area contributed by atoms with Crippen molar-refractivity contribution in [3.05, 3.63) is 0 Å². The van der Waals surface area contributed by atoms with Crippen LogP contribution in [0.4, 0.5) is 0 Å². The Morgan fingerprint density at radius 2 is 0.952 bits per heavy atom. The van der Waals surface area contributed by atoms with Crippen molar-refractivity contribution in [2.75, 3.05) is 0 Å². The first-order valence-electron chi connectivity index (χ1n) is 9.03. The molecule has 0 aliphatic rings. The molecule has 0 spiro atoms. The molecule has 0 saturated carbocycles. The van der Waals surface area contributed by atoms with Crippen LogP contribution >= 0.6 is 0 Å². The van der Waals surface area contributed by atoms with E-state index >= 15 is 0 Å². The summed E-state index contributed by atoms with van der Waals surface area (Å²) in [6.07, 6.45) is 13.2. The molecule has 0 heterocycles. The first kappa shape index (κ1) is 20.3. The second kappa shape index (κ2) is 11.9. The van der Waals surface area contributed by atoms with Gasteiger partial charge in [-0.2, -0.15) is 0 Å². The van der Waals surface area contributed by atoms with Gasteiger partial charge in [0.2, 0.25) is 0 Å². The van der Waals surface area contributed by atoms with Crippen LogP contribution in [0.3, 0.4) is 0 Å². The Bertz CT molecular complexity index is 264. The Hall–Kier alpha value is -0.660. The molecule has 0 aromatic heterocycles. The summed E-state index contributed by atoms with van der Waals surface area (Å²) in [6, 6.07) is 0. The number of carbonyl (C=O) groups excluding carboxylic acids is 2. The number of ketones is 2. The minimum absolute atomic E-state index is 0.0842. The third kappa shape index (κ3) is 7.78. The zero-order chi connectivity index (χ0) is 16.1. The highest BCUT2D eigenvalue weighted by molar-refractivity contribution is 6.04. The number of carbonyl (C=O) groups is 2. The smallest absolute Gasteiger partial charge is 0.143 e. The Kier molecular flexibility index (Phi) is 11.6. The van der Waals surface area contributed by atoms with E-state index < -0.39 is 5.41 Å². The third-order valence-corrected chi connectivity index (χ3v) is 4.76. The standard InChI is InChI=1S/C19H36O2/c1-5-7-9-11-13-15-19(17(3)20,18(4)21)16-14-12-10-8-6-2/h5-16H2,1-4H3. The first-order chi connectivity index (χ1) is 10.0. The molecule has 0 aromatic carbocycles. The van der Waals surface area contributed by atoms with Crippen molar-refractivity contribution in [1.82, 2.24) is 0 Å². The number of hydrogen-bond acceptors (Lipinski definition) is 2. The monoisotopic (exact) mass is 296 g/mol. The molecule has 0 radical (unpaired) electrons. The van der Waals surface area contributed by atoms with E-state index in [1.54, 1.807) is 13.8 Å². The first-order valence-corrected chi connectivity index (χ1v) is 9.03. The van der Waals surface area contributed by atoms with Gasteiger partial charge in [-0.3, -0.25) is 9.59 Å². The Morgan fingerprint density at radius 3 is 1.24 bits per heavy atom. The van der Waals surface area contributed by atoms with Gasteiger partial charge in [0.05, 0.1) is 5.41 Å². The maximum Gasteiger partial charge on any atom is 0.143 e. The van der Waals surface area contributed by atoms with Crippen molar-refractivity contribution < 1.29 is 9.59 Å². The highest BCUT2D eigenvalue weighted by Crippen LogP contribution is 2.34. The lowest BCUT2D eigenvalue weighted by Crippen LogP contribution is -2.36. The molecule has 0 unspecified atom stereocenters. The Labute approximate surface area is 132 Å². The number of Topliss-reactive ketones (excluding diaryl/α,β-unsaturated/α-hetero) is 2. The molecule has 0 atom stereocenters. The molecule has 0 aromatic rings. The summed E-state index contributed by atoms with van der Waals surface area (Å²) in [4.78, 5) is 24.3. The van der Waals surface area contributed by atoms with Crippen LogP contribution in [-0.2, 0) is 9.59 Å². The molecule has 0 saturated heterocycles. The molecule has 0 bridgehead atoms. The van der Waals surface area contributed by atoms with Crippen LogP contribution in [0.25, 0.3) is 0 Å². The minimum Gasteiger partial charge on any atom is -0.299 e. The lowest BCUT2D eigenvalue weighted by Gasteiger charge is -2.29. The molecular formula is C19H36O2. The number of unbranched alkanes of at least 4 members (excludes halogenated alkanes) is 8. The van der Waals surface area contributed by atoms with Crippen molar-refractivity contribution >= 4 is 11.6 Å². The van der Waals surface area contributed by atoms with Crippen LogP contribution in [0, 0.1) is 5.41 Å². The van der Waals surface area contributed by atoms with E-state index in [0.29, 0.717) is 0 Å². The van der Waals surface area contributed by atoms with Crippen LogP contribution in [0.2, 0.25) is 0 Å². The normalized spacial score (nSPS) is 11.6. The van der Waals surface area contributed by atoms with Crippen molar-refractivity contribution in [3.63, 3.8) is 0 Å². The Morgan fingerprint density at radius 1 is 0.619 bits per heavy atom. The van der Waals surface area contributed by atoms with Crippen LogP contribution in [-0.4, -0.2) is 11.6 Å². The fourth-order valence-electron chi connectivity index (χ4n) is 3.14. The van der Waals surface area contributed by atoms with Gasteiger partial charge in [-0.1, -0.05) is 78.1 Å². The highest BCUT2D eigenvalue weighted by atomic mass is 16.2. The topological polar surface area (TPSA) is 34.1 Å². The minimum atomic E-state index is -0.682. The van der Waals surface area contributed by atoms with Gasteiger partial charge >= 0.3 is 0 Å². The maximum absolute atomic E-state index is 12.1. The molecule has 0 amide bonds. The summed E-state index contributed by atoms with van der Waals surface area (Å²) in [7, 11) is 0. The van der Waals surface area contributed by atoms with E-state index in [2.05, 4.69) is 13.8 Å². The van der Waals surface area contributed by atoms with Crippen LogP contribution < -0.4 is 0 Å². The van der Waals surface area contributed by atoms with Gasteiger partial charge in [-0.15, -0.1) is 0 Å². The molecule has 21 heavy (non-hydrogen) atoms. The number of rotatable bonds is 14. The van der Waals surface area contributed by atoms with Crippen LogP contribution in [0.5, 0.6) is 0 Å². The Balaban J connectivity index is 4.40. The van der Waals surface area contributed by atoms with E-state index in [1.165, 1.54) is 38.5 Å². The predicted octanol–water partition coefficient (Wildman–Crippen LogP) is 5.87. The third-order valence-electron chi connectivity index (χ3n) is 4.76. The second-order valence-corrected chi connectivity index (χ2v) is 6.52. The van der Waals surface area contributed by atoms with Gasteiger partial charge in [0, 0.05) is 0 Å². The molecule has 2 nitrogen and oxygen atoms in total. The molecule has 2 heteroatoms. The van der Waals surface area contributed by atoms with Crippen molar-refractivity contribution in [1.29, 1.82) is 0 Å². The summed E-state index contributed by atoms with van der Waals surface area (Å²) in [5.74, 6) is 0.168. The summed E-state index contributed by atoms with van der Waals surface area (Å²) in [6.45, 7) is 7.62. The lowest BCUT2D eigenvalue weighted by molar-refractivity contribution is -0.139. The molecule has 0 aliphatic carbocycles. The molecular weight excluding hydrogens is 260 g/mol. The van der Waals surface area contributed by atoms with E-state index in [0.717, 1.165) is 38.5 Å². The largest absolute Gasteiger partial charge is 0.299 e. The van der Waals surface area contributed by atoms with E-state index in [1.807, 2.05) is 0 Å². The van der Waals surface area contributed by atoms with Gasteiger partial charge in [0.1, 0.15) is 11.6 Å². The zero-order valence-corrected chi connectivity index (χ0v) is 14.8. The molecule has 0 rings (SSSR count). The average Bonchev–Trinajstić information content (AvgIpc) is 2.44. The van der Waals surface area contributed by atoms with Gasteiger partial charge < -0.3 is 0 Å². The summed E-state index contributed by atoms with van der Waals surface area (Å²) >= 11 is 0. The predicted molar refractivity (Wildman–Crippen MR) is 90.5 cm³/mol. The number of hydrogen-bond donors (Lipinski definition) is 0. The molecule has 0 fully saturated rings. The van der Waals surface area contributed by atoms with Gasteiger partial charge in [0.15, 0.2) is 0 Å². The van der Waals surface area contributed by atoms with Crippen molar-refractivity contribution in [2.45, 2.75) is 105 Å². The maximum atomic E-state index is 12.1. The zero-order valence-electron chi connectivity index (χ0n) is 14.8. The molecule has 124 valence electrons. The summed E-state index contributed by atoms with van der Waals surface area (Å²) in [5.41, 5.74) is -0.682. The second-order valence-electron chi connectivity index (χ2n) is 6.52. The van der Waals surface area contributed by atoms with Crippen LogP contribution in [0.1, 0.15) is 105 Å². The van der Waals surface area contributed by atoms with Gasteiger partial charge in [-0.25, -0.2) is 0 Å². The van der Waals surface area contributed by atoms with E-state index in [4.69, 9.17) is 0 Å². The molecule has 0 aliphatic heterocycles. The van der Waals surface area contributed by atoms with Gasteiger partial charge in [0.25, 0.3) is 0 Å². The summed E-state index contributed by atoms with van der Waals surface area (Å²) < 4.78 is 0. The quantitative estimate of drug-likeness (QED) is 0.296. The SMILES string of the molecule is CCCCCCCC(CCCCCCC)(C(C)=O)C(C)=O. The lowest BCUT2D eigenvalue weighted by atomic mass is 9.72. The fraction of sp³-hybridized carbons (Fsp3) is 0.895. The fourth-order valence-corrected chi connectivity index (χ4v) is 3.14. The van der Waals surface area contributed by atoms with Crippen molar-refractivity contribution in [2.24, 2.45) is 5.41 Å². The molecule has 0 N–H and O–H groups in total.